The quantitative estimate of drug-likeness (QED) is 0.770. The van der Waals surface area contributed by atoms with Crippen molar-refractivity contribution in [1.82, 2.24) is 10.3 Å². The zero-order valence-corrected chi connectivity index (χ0v) is 17.7. The van der Waals surface area contributed by atoms with E-state index in [0.717, 1.165) is 0 Å². The highest BCUT2D eigenvalue weighted by molar-refractivity contribution is 6.43. The Kier molecular flexibility index (Phi) is 6.48. The van der Waals surface area contributed by atoms with Gasteiger partial charge in [-0.2, -0.15) is 5.10 Å². The first-order valence-electron chi connectivity index (χ1n) is 9.97. The van der Waals surface area contributed by atoms with Gasteiger partial charge in [-0.05, 0) is 50.6 Å². The van der Waals surface area contributed by atoms with Crippen LogP contribution in [0.4, 0.5) is 10.1 Å². The molecule has 0 radical (unpaired) electrons. The number of halogens is 1. The van der Waals surface area contributed by atoms with Crippen LogP contribution in [0.1, 0.15) is 49.5 Å². The standard InChI is InChI=1S/C23H25FN4O3/c1-23(2,3)26-21(30)17-6-4-5-7-18(17)25-22(31)19-12-13-20(29)28(27-19)14-15-8-10-16(24)11-9-15/h4-11H,12-14H2,1-3H3,(H,25,31)(H,26,30). The van der Waals surface area contributed by atoms with Crippen molar-refractivity contribution in [3.05, 3.63) is 65.5 Å². The summed E-state index contributed by atoms with van der Waals surface area (Å²) in [5.74, 6) is -1.37. The molecule has 1 aliphatic heterocycles. The van der Waals surface area contributed by atoms with Crippen LogP contribution in [-0.2, 0) is 16.1 Å². The maximum absolute atomic E-state index is 13.1. The van der Waals surface area contributed by atoms with E-state index >= 15 is 0 Å². The van der Waals surface area contributed by atoms with Gasteiger partial charge in [0.25, 0.3) is 11.8 Å². The van der Waals surface area contributed by atoms with E-state index in [4.69, 9.17) is 0 Å². The van der Waals surface area contributed by atoms with Crippen molar-refractivity contribution in [2.45, 2.75) is 45.7 Å². The van der Waals surface area contributed by atoms with Crippen molar-refractivity contribution in [3.8, 4) is 0 Å². The molecule has 1 heterocycles. The van der Waals surface area contributed by atoms with E-state index in [-0.39, 0.29) is 42.7 Å². The smallest absolute Gasteiger partial charge is 0.271 e. The number of carbonyl (C=O) groups is 3. The van der Waals surface area contributed by atoms with Gasteiger partial charge in [0.15, 0.2) is 0 Å². The summed E-state index contributed by atoms with van der Waals surface area (Å²) in [5.41, 5.74) is 1.15. The van der Waals surface area contributed by atoms with Gasteiger partial charge in [-0.1, -0.05) is 24.3 Å². The van der Waals surface area contributed by atoms with Crippen LogP contribution >= 0.6 is 0 Å². The molecule has 3 amide bonds. The van der Waals surface area contributed by atoms with Crippen LogP contribution in [-0.4, -0.2) is 34.0 Å². The molecular formula is C23H25FN4O3. The van der Waals surface area contributed by atoms with Crippen LogP contribution in [0, 0.1) is 5.82 Å². The number of nitrogens with zero attached hydrogens (tertiary/aromatic N) is 2. The van der Waals surface area contributed by atoms with Crippen molar-refractivity contribution < 1.29 is 18.8 Å². The molecule has 0 atom stereocenters. The third-order valence-electron chi connectivity index (χ3n) is 4.52. The summed E-state index contributed by atoms with van der Waals surface area (Å²) in [6.45, 7) is 5.75. The van der Waals surface area contributed by atoms with Crippen molar-refractivity contribution in [2.75, 3.05) is 5.32 Å². The lowest BCUT2D eigenvalue weighted by Crippen LogP contribution is -2.41. The Morgan fingerprint density at radius 2 is 1.71 bits per heavy atom. The average molecular weight is 424 g/mol. The summed E-state index contributed by atoms with van der Waals surface area (Å²) in [5, 5.41) is 11.0. The zero-order valence-electron chi connectivity index (χ0n) is 17.7. The molecule has 31 heavy (non-hydrogen) atoms. The van der Waals surface area contributed by atoms with Gasteiger partial charge in [0.1, 0.15) is 11.5 Å². The van der Waals surface area contributed by atoms with Crippen LogP contribution in [0.3, 0.4) is 0 Å². The first-order chi connectivity index (χ1) is 14.6. The fraction of sp³-hybridized carbons (Fsp3) is 0.304. The lowest BCUT2D eigenvalue weighted by Gasteiger charge is -2.24. The number of rotatable bonds is 5. The summed E-state index contributed by atoms with van der Waals surface area (Å²) < 4.78 is 13.1. The average Bonchev–Trinajstić information content (AvgIpc) is 2.70. The van der Waals surface area contributed by atoms with Crippen molar-refractivity contribution in [2.24, 2.45) is 5.10 Å². The van der Waals surface area contributed by atoms with Crippen LogP contribution < -0.4 is 10.6 Å². The molecule has 0 aliphatic carbocycles. The second-order valence-electron chi connectivity index (χ2n) is 8.33. The van der Waals surface area contributed by atoms with Crippen LogP contribution in [0.25, 0.3) is 0 Å². The number of hydrazone groups is 1. The Morgan fingerprint density at radius 3 is 2.39 bits per heavy atom. The van der Waals surface area contributed by atoms with E-state index in [2.05, 4.69) is 15.7 Å². The molecule has 1 aliphatic rings. The van der Waals surface area contributed by atoms with E-state index < -0.39 is 11.4 Å². The lowest BCUT2D eigenvalue weighted by molar-refractivity contribution is -0.132. The lowest BCUT2D eigenvalue weighted by atomic mass is 10.1. The van der Waals surface area contributed by atoms with E-state index in [9.17, 15) is 18.8 Å². The van der Waals surface area contributed by atoms with Crippen molar-refractivity contribution in [3.63, 3.8) is 0 Å². The highest BCUT2D eigenvalue weighted by atomic mass is 19.1. The number of hydrogen-bond acceptors (Lipinski definition) is 4. The van der Waals surface area contributed by atoms with Gasteiger partial charge in [0.2, 0.25) is 5.91 Å². The first kappa shape index (κ1) is 22.1. The maximum Gasteiger partial charge on any atom is 0.271 e. The molecule has 0 bridgehead atoms. The number of nitrogens with one attached hydrogen (secondary N) is 2. The van der Waals surface area contributed by atoms with Crippen molar-refractivity contribution in [1.29, 1.82) is 0 Å². The summed E-state index contributed by atoms with van der Waals surface area (Å²) in [7, 11) is 0. The topological polar surface area (TPSA) is 90.9 Å². The molecule has 3 rings (SSSR count). The minimum atomic E-state index is -0.479. The van der Waals surface area contributed by atoms with Gasteiger partial charge in [0, 0.05) is 18.4 Å². The highest BCUT2D eigenvalue weighted by Crippen LogP contribution is 2.19. The highest BCUT2D eigenvalue weighted by Gasteiger charge is 2.26. The van der Waals surface area contributed by atoms with Crippen LogP contribution in [0.5, 0.6) is 0 Å². The largest absolute Gasteiger partial charge is 0.347 e. The molecule has 0 spiro atoms. The molecule has 7 nitrogen and oxygen atoms in total. The van der Waals surface area contributed by atoms with Gasteiger partial charge >= 0.3 is 0 Å². The van der Waals surface area contributed by atoms with Gasteiger partial charge < -0.3 is 10.6 Å². The third kappa shape index (κ3) is 5.97. The SMILES string of the molecule is CC(C)(C)NC(=O)c1ccccc1NC(=O)C1=NN(Cc2ccc(F)cc2)C(=O)CC1. The third-order valence-corrected chi connectivity index (χ3v) is 4.52. The number of para-hydroxylation sites is 1. The van der Waals surface area contributed by atoms with E-state index in [1.54, 1.807) is 36.4 Å². The maximum atomic E-state index is 13.1. The zero-order chi connectivity index (χ0) is 22.6. The Morgan fingerprint density at radius 1 is 1.03 bits per heavy atom. The Balaban J connectivity index is 1.76. The Bertz CT molecular complexity index is 1030. The molecule has 0 aromatic heterocycles. The predicted octanol–water partition coefficient (Wildman–Crippen LogP) is 3.47. The fourth-order valence-corrected chi connectivity index (χ4v) is 3.04. The molecule has 2 aromatic rings. The molecule has 0 fully saturated rings. The summed E-state index contributed by atoms with van der Waals surface area (Å²) in [4.78, 5) is 37.6. The van der Waals surface area contributed by atoms with Crippen molar-refractivity contribution >= 4 is 29.1 Å². The Labute approximate surface area is 180 Å². The van der Waals surface area contributed by atoms with Crippen LogP contribution in [0.15, 0.2) is 53.6 Å². The predicted molar refractivity (Wildman–Crippen MR) is 116 cm³/mol. The molecule has 2 aromatic carbocycles. The van der Waals surface area contributed by atoms with E-state index in [1.165, 1.54) is 17.1 Å². The second-order valence-corrected chi connectivity index (χ2v) is 8.33. The minimum Gasteiger partial charge on any atom is -0.347 e. The number of anilines is 1. The molecule has 0 saturated heterocycles. The monoisotopic (exact) mass is 424 g/mol. The van der Waals surface area contributed by atoms with Gasteiger partial charge in [-0.25, -0.2) is 9.40 Å². The second kappa shape index (κ2) is 9.07. The molecular weight excluding hydrogens is 399 g/mol. The van der Waals surface area contributed by atoms with Crippen LogP contribution in [0.2, 0.25) is 0 Å². The first-order valence-corrected chi connectivity index (χ1v) is 9.97. The summed E-state index contributed by atoms with van der Waals surface area (Å²) in [6.07, 6.45) is 0.334. The summed E-state index contributed by atoms with van der Waals surface area (Å²) in [6, 6.07) is 12.4. The van der Waals surface area contributed by atoms with E-state index in [0.29, 0.717) is 16.8 Å². The molecule has 2 N–H and O–H groups in total. The number of amides is 3. The normalized spacial score (nSPS) is 14.1. The Hall–Kier alpha value is -3.55. The molecule has 8 heteroatoms. The van der Waals surface area contributed by atoms with Gasteiger partial charge in [-0.15, -0.1) is 0 Å². The summed E-state index contributed by atoms with van der Waals surface area (Å²) >= 11 is 0. The molecule has 0 saturated carbocycles. The number of benzene rings is 2. The van der Waals surface area contributed by atoms with Gasteiger partial charge in [-0.3, -0.25) is 14.4 Å². The number of hydrogen-bond donors (Lipinski definition) is 2. The van der Waals surface area contributed by atoms with Gasteiger partial charge in [0.05, 0.1) is 17.8 Å². The number of carbonyl (C=O) groups excluding carboxylic acids is 3. The minimum absolute atomic E-state index is 0.138. The molecule has 162 valence electrons. The molecule has 0 unspecified atom stereocenters. The fourth-order valence-electron chi connectivity index (χ4n) is 3.04. The van der Waals surface area contributed by atoms with E-state index in [1.807, 2.05) is 20.8 Å².